The van der Waals surface area contributed by atoms with Gasteiger partial charge in [0.15, 0.2) is 0 Å². The second-order valence-corrected chi connectivity index (χ2v) is 4.98. The summed E-state index contributed by atoms with van der Waals surface area (Å²) in [5, 5.41) is 0. The Bertz CT molecular complexity index is 413. The number of esters is 1. The molecule has 1 rings (SSSR count). The third-order valence-corrected chi connectivity index (χ3v) is 3.58. The van der Waals surface area contributed by atoms with Crippen molar-refractivity contribution in [3.63, 3.8) is 0 Å². The van der Waals surface area contributed by atoms with Crippen molar-refractivity contribution in [2.75, 3.05) is 12.4 Å². The molecule has 0 bridgehead atoms. The molecule has 1 aromatic carbocycles. The van der Waals surface area contributed by atoms with Crippen LogP contribution in [0.2, 0.25) is 0 Å². The van der Waals surface area contributed by atoms with Gasteiger partial charge in [-0.25, -0.2) is 0 Å². The molecular formula is C12H16O3S. The normalized spacial score (nSPS) is 12.2. The fourth-order valence-corrected chi connectivity index (χ4v) is 2.53. The molecule has 3 nitrogen and oxygen atoms in total. The highest BCUT2D eigenvalue weighted by Gasteiger charge is 2.12. The van der Waals surface area contributed by atoms with Crippen molar-refractivity contribution >= 4 is 16.8 Å². The van der Waals surface area contributed by atoms with E-state index in [-0.39, 0.29) is 5.75 Å². The maximum absolute atomic E-state index is 11.9. The lowest BCUT2D eigenvalue weighted by Gasteiger charge is -2.06. The zero-order valence-electron chi connectivity index (χ0n) is 9.78. The van der Waals surface area contributed by atoms with Crippen molar-refractivity contribution < 1.29 is 13.7 Å². The first-order valence-corrected chi connectivity index (χ1v) is 6.47. The first-order valence-electron chi connectivity index (χ1n) is 5.16. The monoisotopic (exact) mass is 240 g/mol. The molecule has 0 spiro atoms. The second-order valence-electron chi connectivity index (χ2n) is 3.56. The van der Waals surface area contributed by atoms with Gasteiger partial charge in [0.05, 0.1) is 17.4 Å². The molecule has 0 fully saturated rings. The lowest BCUT2D eigenvalue weighted by atomic mass is 10.2. The van der Waals surface area contributed by atoms with Crippen molar-refractivity contribution in [3.05, 3.63) is 29.3 Å². The molecule has 0 radical (unpaired) electrons. The van der Waals surface area contributed by atoms with Crippen molar-refractivity contribution in [2.45, 2.75) is 25.7 Å². The summed E-state index contributed by atoms with van der Waals surface area (Å²) in [5.74, 6) is -0.488. The minimum absolute atomic E-state index is 0.0717. The van der Waals surface area contributed by atoms with Crippen LogP contribution in [0.4, 0.5) is 0 Å². The largest absolute Gasteiger partial charge is 0.465 e. The first-order chi connectivity index (χ1) is 7.54. The zero-order valence-corrected chi connectivity index (χ0v) is 10.6. The Balaban J connectivity index is 2.77. The number of hydrogen-bond acceptors (Lipinski definition) is 3. The molecule has 0 heterocycles. The highest BCUT2D eigenvalue weighted by Crippen LogP contribution is 2.15. The summed E-state index contributed by atoms with van der Waals surface area (Å²) in [4.78, 5) is 11.9. The summed E-state index contributed by atoms with van der Waals surface area (Å²) in [6.07, 6.45) is 0. The van der Waals surface area contributed by atoms with Crippen LogP contribution in [-0.2, 0) is 20.3 Å². The Hall–Kier alpha value is -1.16. The summed E-state index contributed by atoms with van der Waals surface area (Å²) in [5.41, 5.74) is 2.07. The van der Waals surface area contributed by atoms with E-state index in [0.717, 1.165) is 11.1 Å². The third kappa shape index (κ3) is 3.45. The molecule has 0 amide bonds. The molecular weight excluding hydrogens is 224 g/mol. The van der Waals surface area contributed by atoms with Crippen LogP contribution in [0.5, 0.6) is 0 Å². The van der Waals surface area contributed by atoms with Crippen LogP contribution in [0.1, 0.15) is 18.1 Å². The lowest BCUT2D eigenvalue weighted by Crippen LogP contribution is -2.14. The van der Waals surface area contributed by atoms with Gasteiger partial charge in [0.2, 0.25) is 0 Å². The van der Waals surface area contributed by atoms with E-state index in [1.165, 1.54) is 0 Å². The quantitative estimate of drug-likeness (QED) is 0.756. The predicted molar refractivity (Wildman–Crippen MR) is 63.8 cm³/mol. The number of ether oxygens (including phenoxy) is 1. The van der Waals surface area contributed by atoms with Gasteiger partial charge in [-0.05, 0) is 32.4 Å². The Morgan fingerprint density at radius 1 is 1.38 bits per heavy atom. The van der Waals surface area contributed by atoms with Crippen LogP contribution in [0, 0.1) is 13.8 Å². The molecule has 4 heteroatoms. The summed E-state index contributed by atoms with van der Waals surface area (Å²) < 4.78 is 16.6. The summed E-state index contributed by atoms with van der Waals surface area (Å²) in [6.45, 7) is 5.93. The molecule has 0 saturated carbocycles. The fourth-order valence-electron chi connectivity index (χ4n) is 1.44. The molecule has 88 valence electrons. The van der Waals surface area contributed by atoms with E-state index in [1.54, 1.807) is 13.0 Å². The molecule has 0 N–H and O–H groups in total. The third-order valence-electron chi connectivity index (χ3n) is 2.13. The van der Waals surface area contributed by atoms with Crippen molar-refractivity contribution in [1.82, 2.24) is 0 Å². The van der Waals surface area contributed by atoms with Gasteiger partial charge >= 0.3 is 5.97 Å². The number of hydrogen-bond donors (Lipinski definition) is 0. The average molecular weight is 240 g/mol. The SMILES string of the molecule is CCOC(=O)CS(=O)c1ccc(C)cc1C. The minimum Gasteiger partial charge on any atom is -0.465 e. The highest BCUT2D eigenvalue weighted by molar-refractivity contribution is 7.85. The number of aryl methyl sites for hydroxylation is 2. The first kappa shape index (κ1) is 12.9. The van der Waals surface area contributed by atoms with Gasteiger partial charge in [0.25, 0.3) is 0 Å². The van der Waals surface area contributed by atoms with Crippen LogP contribution in [0.25, 0.3) is 0 Å². The van der Waals surface area contributed by atoms with Gasteiger partial charge in [-0.1, -0.05) is 17.7 Å². The standard InChI is InChI=1S/C12H16O3S/c1-4-15-12(13)8-16(14)11-6-5-9(2)7-10(11)3/h5-7H,4,8H2,1-3H3. The van der Waals surface area contributed by atoms with E-state index in [1.807, 2.05) is 26.0 Å². The fraction of sp³-hybridized carbons (Fsp3) is 0.417. The van der Waals surface area contributed by atoms with Gasteiger partial charge in [0, 0.05) is 4.90 Å². The molecule has 0 aliphatic carbocycles. The van der Waals surface area contributed by atoms with E-state index in [2.05, 4.69) is 0 Å². The second kappa shape index (κ2) is 5.80. The molecule has 1 aromatic rings. The summed E-state index contributed by atoms with van der Waals surface area (Å²) >= 11 is 0. The molecule has 0 saturated heterocycles. The van der Waals surface area contributed by atoms with Crippen molar-refractivity contribution in [3.8, 4) is 0 Å². The maximum atomic E-state index is 11.9. The number of carbonyl (C=O) groups excluding carboxylic acids is 1. The van der Waals surface area contributed by atoms with E-state index in [4.69, 9.17) is 4.74 Å². The van der Waals surface area contributed by atoms with Crippen LogP contribution in [0.3, 0.4) is 0 Å². The average Bonchev–Trinajstić information content (AvgIpc) is 2.17. The maximum Gasteiger partial charge on any atom is 0.318 e. The molecule has 16 heavy (non-hydrogen) atoms. The van der Waals surface area contributed by atoms with Crippen molar-refractivity contribution in [2.24, 2.45) is 0 Å². The van der Waals surface area contributed by atoms with Gasteiger partial charge in [0.1, 0.15) is 5.75 Å². The summed E-state index contributed by atoms with van der Waals surface area (Å²) in [6, 6.07) is 5.66. The molecule has 0 aliphatic rings. The number of rotatable bonds is 4. The minimum atomic E-state index is -1.31. The van der Waals surface area contributed by atoms with E-state index in [0.29, 0.717) is 11.5 Å². The Morgan fingerprint density at radius 2 is 2.06 bits per heavy atom. The van der Waals surface area contributed by atoms with Gasteiger partial charge in [-0.2, -0.15) is 0 Å². The van der Waals surface area contributed by atoms with Gasteiger partial charge in [-0.3, -0.25) is 9.00 Å². The molecule has 1 unspecified atom stereocenters. The van der Waals surface area contributed by atoms with Crippen LogP contribution in [0.15, 0.2) is 23.1 Å². The Labute approximate surface area is 98.3 Å². The Morgan fingerprint density at radius 3 is 2.62 bits per heavy atom. The van der Waals surface area contributed by atoms with Crippen LogP contribution >= 0.6 is 0 Å². The van der Waals surface area contributed by atoms with Crippen LogP contribution in [-0.4, -0.2) is 22.5 Å². The van der Waals surface area contributed by atoms with E-state index >= 15 is 0 Å². The van der Waals surface area contributed by atoms with E-state index in [9.17, 15) is 9.00 Å². The number of benzene rings is 1. The topological polar surface area (TPSA) is 43.4 Å². The van der Waals surface area contributed by atoms with Crippen molar-refractivity contribution in [1.29, 1.82) is 0 Å². The Kier molecular flexibility index (Phi) is 4.68. The zero-order chi connectivity index (χ0) is 12.1. The molecule has 1 atom stereocenters. The lowest BCUT2D eigenvalue weighted by molar-refractivity contribution is -0.139. The number of carbonyl (C=O) groups is 1. The van der Waals surface area contributed by atoms with E-state index < -0.39 is 16.8 Å². The van der Waals surface area contributed by atoms with Gasteiger partial charge in [-0.15, -0.1) is 0 Å². The van der Waals surface area contributed by atoms with Crippen LogP contribution < -0.4 is 0 Å². The smallest absolute Gasteiger partial charge is 0.318 e. The predicted octanol–water partition coefficient (Wildman–Crippen LogP) is 1.97. The summed E-state index contributed by atoms with van der Waals surface area (Å²) in [7, 11) is -1.31. The molecule has 0 aliphatic heterocycles. The highest BCUT2D eigenvalue weighted by atomic mass is 32.2. The van der Waals surface area contributed by atoms with Gasteiger partial charge < -0.3 is 4.74 Å². The molecule has 0 aromatic heterocycles.